The van der Waals surface area contributed by atoms with Gasteiger partial charge >= 0.3 is 5.97 Å². The number of benzene rings is 3. The molecule has 2 heterocycles. The second-order valence-corrected chi connectivity index (χ2v) is 12.4. The minimum atomic E-state index is -0.818. The standard InChI is InChI=1S/C34H32BrFN2O6S/c1-6-42-33(40)30-20(4)37-34-38(31(30)22-9-13-27(44-19(2)3)28(16-22)41-5)32(39)29(45-34)17-23-15-24(35)10-14-26(23)43-18-21-7-11-25(36)12-8-21/h7-17,19,31H,6,18H2,1-5H3/b29-17-/t31-/m0/s1. The zero-order chi connectivity index (χ0) is 32.2. The van der Waals surface area contributed by atoms with Crippen LogP contribution in [0.2, 0.25) is 0 Å². The molecule has 1 aliphatic heterocycles. The number of esters is 1. The Labute approximate surface area is 272 Å². The summed E-state index contributed by atoms with van der Waals surface area (Å²) >= 11 is 4.73. The number of hydrogen-bond donors (Lipinski definition) is 0. The molecule has 0 saturated heterocycles. The summed E-state index contributed by atoms with van der Waals surface area (Å²) < 4.78 is 39.1. The Morgan fingerprint density at radius 2 is 1.82 bits per heavy atom. The van der Waals surface area contributed by atoms with Crippen LogP contribution in [0.4, 0.5) is 4.39 Å². The van der Waals surface area contributed by atoms with Crippen molar-refractivity contribution in [3.63, 3.8) is 0 Å². The number of halogens is 2. The summed E-state index contributed by atoms with van der Waals surface area (Å²) in [5, 5.41) is 0. The van der Waals surface area contributed by atoms with Gasteiger partial charge in [0.05, 0.1) is 41.7 Å². The summed E-state index contributed by atoms with van der Waals surface area (Å²) in [6, 6.07) is 16.1. The van der Waals surface area contributed by atoms with E-state index in [2.05, 4.69) is 20.9 Å². The predicted molar refractivity (Wildman–Crippen MR) is 174 cm³/mol. The number of ether oxygens (including phenoxy) is 4. The molecule has 0 amide bonds. The Bertz CT molecular complexity index is 1950. The minimum absolute atomic E-state index is 0.0813. The van der Waals surface area contributed by atoms with E-state index in [1.165, 1.54) is 28.0 Å². The second kappa shape index (κ2) is 13.8. The largest absolute Gasteiger partial charge is 0.493 e. The van der Waals surface area contributed by atoms with Crippen LogP contribution < -0.4 is 29.1 Å². The van der Waals surface area contributed by atoms with E-state index in [0.29, 0.717) is 43.4 Å². The molecule has 234 valence electrons. The monoisotopic (exact) mass is 694 g/mol. The van der Waals surface area contributed by atoms with Crippen LogP contribution in [0, 0.1) is 5.82 Å². The van der Waals surface area contributed by atoms with Crippen molar-refractivity contribution in [1.29, 1.82) is 0 Å². The number of fused-ring (bicyclic) bond motifs is 1. The second-order valence-electron chi connectivity index (χ2n) is 10.5. The highest BCUT2D eigenvalue weighted by molar-refractivity contribution is 9.10. The van der Waals surface area contributed by atoms with Gasteiger partial charge in [-0.15, -0.1) is 0 Å². The predicted octanol–water partition coefficient (Wildman–Crippen LogP) is 6.07. The van der Waals surface area contributed by atoms with Gasteiger partial charge in [0, 0.05) is 10.0 Å². The number of nitrogens with zero attached hydrogens (tertiary/aromatic N) is 2. The Kier molecular flexibility index (Phi) is 9.89. The van der Waals surface area contributed by atoms with E-state index in [1.807, 2.05) is 32.0 Å². The topological polar surface area (TPSA) is 88.4 Å². The first kappa shape index (κ1) is 32.2. The molecule has 3 aromatic carbocycles. The van der Waals surface area contributed by atoms with Gasteiger partial charge in [0.1, 0.15) is 18.2 Å². The highest BCUT2D eigenvalue weighted by atomic mass is 79.9. The molecule has 11 heteroatoms. The molecule has 1 aromatic heterocycles. The first-order chi connectivity index (χ1) is 21.6. The molecule has 0 spiro atoms. The molecular weight excluding hydrogens is 663 g/mol. The van der Waals surface area contributed by atoms with Crippen molar-refractivity contribution in [1.82, 2.24) is 4.57 Å². The Hall–Kier alpha value is -4.22. The summed E-state index contributed by atoms with van der Waals surface area (Å²) in [5.74, 6) is 0.682. The average Bonchev–Trinajstić information content (AvgIpc) is 3.30. The van der Waals surface area contributed by atoms with E-state index in [1.54, 1.807) is 57.4 Å². The lowest BCUT2D eigenvalue weighted by molar-refractivity contribution is -0.139. The van der Waals surface area contributed by atoms with Crippen LogP contribution in [0.15, 0.2) is 86.2 Å². The van der Waals surface area contributed by atoms with E-state index in [-0.39, 0.29) is 36.3 Å². The highest BCUT2D eigenvalue weighted by Crippen LogP contribution is 2.36. The fraction of sp³-hybridized carbons (Fsp3) is 0.265. The highest BCUT2D eigenvalue weighted by Gasteiger charge is 2.34. The first-order valence-electron chi connectivity index (χ1n) is 14.3. The zero-order valence-electron chi connectivity index (χ0n) is 25.4. The van der Waals surface area contributed by atoms with Crippen LogP contribution in [0.5, 0.6) is 17.2 Å². The van der Waals surface area contributed by atoms with Crippen molar-refractivity contribution in [3.8, 4) is 17.2 Å². The molecule has 1 aliphatic rings. The summed E-state index contributed by atoms with van der Waals surface area (Å²) in [4.78, 5) is 32.6. The smallest absolute Gasteiger partial charge is 0.338 e. The van der Waals surface area contributed by atoms with Gasteiger partial charge < -0.3 is 18.9 Å². The average molecular weight is 696 g/mol. The van der Waals surface area contributed by atoms with Crippen molar-refractivity contribution in [2.75, 3.05) is 13.7 Å². The van der Waals surface area contributed by atoms with Gasteiger partial charge in [-0.1, -0.05) is 45.5 Å². The number of hydrogen-bond acceptors (Lipinski definition) is 8. The Morgan fingerprint density at radius 1 is 1.09 bits per heavy atom. The molecule has 0 N–H and O–H groups in total. The van der Waals surface area contributed by atoms with Gasteiger partial charge in [-0.05, 0) is 87.4 Å². The molecule has 0 saturated carbocycles. The lowest BCUT2D eigenvalue weighted by Crippen LogP contribution is -2.40. The number of carbonyl (C=O) groups excluding carboxylic acids is 1. The Morgan fingerprint density at radius 3 is 2.51 bits per heavy atom. The molecule has 0 radical (unpaired) electrons. The van der Waals surface area contributed by atoms with E-state index in [0.717, 1.165) is 10.0 Å². The summed E-state index contributed by atoms with van der Waals surface area (Å²) in [6.45, 7) is 7.68. The van der Waals surface area contributed by atoms with Crippen LogP contribution in [0.1, 0.15) is 50.4 Å². The first-order valence-corrected chi connectivity index (χ1v) is 15.9. The van der Waals surface area contributed by atoms with Crippen LogP contribution in [-0.2, 0) is 16.1 Å². The van der Waals surface area contributed by atoms with Gasteiger partial charge in [-0.2, -0.15) is 0 Å². The summed E-state index contributed by atoms with van der Waals surface area (Å²) in [7, 11) is 1.54. The van der Waals surface area contributed by atoms with Crippen molar-refractivity contribution in [2.24, 2.45) is 4.99 Å². The molecule has 0 aliphatic carbocycles. The van der Waals surface area contributed by atoms with E-state index >= 15 is 0 Å². The van der Waals surface area contributed by atoms with Gasteiger partial charge in [-0.25, -0.2) is 14.2 Å². The van der Waals surface area contributed by atoms with Gasteiger partial charge in [0.25, 0.3) is 5.56 Å². The van der Waals surface area contributed by atoms with Gasteiger partial charge in [0.2, 0.25) is 0 Å². The lowest BCUT2D eigenvalue weighted by Gasteiger charge is -2.25. The molecule has 1 atom stereocenters. The van der Waals surface area contributed by atoms with Crippen LogP contribution in [0.25, 0.3) is 6.08 Å². The number of aromatic nitrogens is 1. The molecule has 8 nitrogen and oxygen atoms in total. The minimum Gasteiger partial charge on any atom is -0.493 e. The van der Waals surface area contributed by atoms with E-state index < -0.39 is 12.0 Å². The summed E-state index contributed by atoms with van der Waals surface area (Å²) in [6.07, 6.45) is 1.66. The summed E-state index contributed by atoms with van der Waals surface area (Å²) in [5.41, 5.74) is 2.49. The number of rotatable bonds is 10. The maximum Gasteiger partial charge on any atom is 0.338 e. The fourth-order valence-electron chi connectivity index (χ4n) is 4.96. The van der Waals surface area contributed by atoms with Gasteiger partial charge in [-0.3, -0.25) is 9.36 Å². The maximum atomic E-state index is 14.2. The van der Waals surface area contributed by atoms with Gasteiger partial charge in [0.15, 0.2) is 16.3 Å². The van der Waals surface area contributed by atoms with Crippen molar-refractivity contribution in [3.05, 3.63) is 119 Å². The molecule has 0 bridgehead atoms. The maximum absolute atomic E-state index is 14.2. The van der Waals surface area contributed by atoms with E-state index in [4.69, 9.17) is 18.9 Å². The molecule has 0 fully saturated rings. The molecule has 4 aromatic rings. The van der Waals surface area contributed by atoms with Crippen LogP contribution >= 0.6 is 27.3 Å². The van der Waals surface area contributed by atoms with Crippen LogP contribution in [0.3, 0.4) is 0 Å². The zero-order valence-corrected chi connectivity index (χ0v) is 27.8. The fourth-order valence-corrected chi connectivity index (χ4v) is 6.38. The quantitative estimate of drug-likeness (QED) is 0.187. The van der Waals surface area contributed by atoms with Crippen LogP contribution in [-0.4, -0.2) is 30.4 Å². The Balaban J connectivity index is 1.63. The van der Waals surface area contributed by atoms with Crippen molar-refractivity contribution >= 4 is 39.3 Å². The number of carbonyl (C=O) groups is 1. The third-order valence-electron chi connectivity index (χ3n) is 6.95. The normalized spacial score (nSPS) is 14.7. The molecule has 5 rings (SSSR count). The van der Waals surface area contributed by atoms with E-state index in [9.17, 15) is 14.0 Å². The van der Waals surface area contributed by atoms with Crippen molar-refractivity contribution in [2.45, 2.75) is 46.4 Å². The number of thiazole rings is 1. The van der Waals surface area contributed by atoms with Crippen molar-refractivity contribution < 1.29 is 28.1 Å². The molecular formula is C34H32BrFN2O6S. The SMILES string of the molecule is CCOC(=O)C1=C(C)N=c2s/c(=C\c3cc(Br)ccc3OCc3ccc(F)cc3)c(=O)n2[C@H]1c1ccc(OC(C)C)c(OC)c1. The third kappa shape index (κ3) is 7.04. The number of allylic oxidation sites excluding steroid dienone is 1. The molecule has 0 unspecified atom stereocenters. The lowest BCUT2D eigenvalue weighted by atomic mass is 9.95. The third-order valence-corrected chi connectivity index (χ3v) is 8.43. The number of methoxy groups -OCH3 is 1. The molecule has 45 heavy (non-hydrogen) atoms.